The number of likely N-dealkylation sites (tertiary alicyclic amines) is 1. The molecule has 32 heavy (non-hydrogen) atoms. The lowest BCUT2D eigenvalue weighted by molar-refractivity contribution is 0.0499. The molecule has 2 saturated heterocycles. The maximum Gasteiger partial charge on any atom is 0.317 e. The molecule has 2 heterocycles. The molecule has 2 aromatic carbocycles. The molecule has 1 N–H and O–H groups in total. The smallest absolute Gasteiger partial charge is 0.317 e. The minimum absolute atomic E-state index is 0.0189. The highest BCUT2D eigenvalue weighted by Crippen LogP contribution is 2.38. The molecule has 2 amide bonds. The van der Waals surface area contributed by atoms with E-state index in [0.29, 0.717) is 37.8 Å². The number of nitrogens with one attached hydrogen (secondary N) is 1. The second kappa shape index (κ2) is 9.77. The van der Waals surface area contributed by atoms with Crippen LogP contribution in [0.2, 0.25) is 0 Å². The molecule has 1 unspecified atom stereocenters. The number of urea groups is 1. The van der Waals surface area contributed by atoms with Gasteiger partial charge in [-0.2, -0.15) is 0 Å². The van der Waals surface area contributed by atoms with Crippen LogP contribution in [0.25, 0.3) is 0 Å². The lowest BCUT2D eigenvalue weighted by atomic mass is 9.74. The lowest BCUT2D eigenvalue weighted by Gasteiger charge is -2.38. The standard InChI is InChI=1S/C25H31FN2O4/c1-30-22-9-8-18(15-23(22)31-2)21-7-4-12-28(21)24(29)27-17-25(10-13-32-14-11-25)19-5-3-6-20(26)16-19/h3,5-6,8-9,15-16,21H,4,7,10-14,17H2,1-2H3,(H,27,29). The van der Waals surface area contributed by atoms with Crippen molar-refractivity contribution in [2.75, 3.05) is 40.5 Å². The van der Waals surface area contributed by atoms with Gasteiger partial charge in [-0.15, -0.1) is 0 Å². The summed E-state index contributed by atoms with van der Waals surface area (Å²) in [6.45, 7) is 2.35. The molecule has 172 valence electrons. The molecule has 2 fully saturated rings. The van der Waals surface area contributed by atoms with Gasteiger partial charge in [-0.25, -0.2) is 9.18 Å². The van der Waals surface area contributed by atoms with Gasteiger partial charge in [0.05, 0.1) is 20.3 Å². The Morgan fingerprint density at radius 2 is 1.94 bits per heavy atom. The highest BCUT2D eigenvalue weighted by molar-refractivity contribution is 5.75. The van der Waals surface area contributed by atoms with Crippen LogP contribution in [0.3, 0.4) is 0 Å². The Morgan fingerprint density at radius 1 is 1.16 bits per heavy atom. The lowest BCUT2D eigenvalue weighted by Crippen LogP contribution is -2.48. The fourth-order valence-electron chi connectivity index (χ4n) is 4.91. The first-order valence-electron chi connectivity index (χ1n) is 11.2. The Morgan fingerprint density at radius 3 is 2.66 bits per heavy atom. The monoisotopic (exact) mass is 442 g/mol. The molecule has 0 bridgehead atoms. The molecule has 6 nitrogen and oxygen atoms in total. The molecule has 1 atom stereocenters. The van der Waals surface area contributed by atoms with Crippen LogP contribution in [-0.2, 0) is 10.2 Å². The predicted molar refractivity (Wildman–Crippen MR) is 120 cm³/mol. The van der Waals surface area contributed by atoms with Gasteiger partial charge >= 0.3 is 6.03 Å². The minimum Gasteiger partial charge on any atom is -0.493 e. The zero-order chi connectivity index (χ0) is 22.6. The molecule has 4 rings (SSSR count). The minimum atomic E-state index is -0.325. The normalized spacial score (nSPS) is 20.1. The van der Waals surface area contributed by atoms with Crippen LogP contribution in [0.15, 0.2) is 42.5 Å². The van der Waals surface area contributed by atoms with Crippen LogP contribution in [0.4, 0.5) is 9.18 Å². The number of hydrogen-bond acceptors (Lipinski definition) is 4. The number of rotatable bonds is 6. The zero-order valence-electron chi connectivity index (χ0n) is 18.7. The zero-order valence-corrected chi connectivity index (χ0v) is 18.7. The average molecular weight is 443 g/mol. The van der Waals surface area contributed by atoms with E-state index in [9.17, 15) is 9.18 Å². The SMILES string of the molecule is COc1ccc(C2CCCN2C(=O)NCC2(c3cccc(F)c3)CCOCC2)cc1OC. The molecule has 2 aliphatic heterocycles. The Bertz CT molecular complexity index is 945. The van der Waals surface area contributed by atoms with Crippen molar-refractivity contribution < 1.29 is 23.4 Å². The molecule has 2 aromatic rings. The van der Waals surface area contributed by atoms with Gasteiger partial charge in [-0.05, 0) is 61.1 Å². The van der Waals surface area contributed by atoms with E-state index in [1.165, 1.54) is 6.07 Å². The molecule has 7 heteroatoms. The first-order valence-corrected chi connectivity index (χ1v) is 11.2. The molecule has 0 saturated carbocycles. The van der Waals surface area contributed by atoms with Crippen molar-refractivity contribution in [2.45, 2.75) is 37.1 Å². The summed E-state index contributed by atoms with van der Waals surface area (Å²) in [5.41, 5.74) is 1.62. The summed E-state index contributed by atoms with van der Waals surface area (Å²) >= 11 is 0. The van der Waals surface area contributed by atoms with Crippen molar-refractivity contribution in [1.82, 2.24) is 10.2 Å². The van der Waals surface area contributed by atoms with Gasteiger partial charge in [-0.1, -0.05) is 18.2 Å². The van der Waals surface area contributed by atoms with E-state index in [4.69, 9.17) is 14.2 Å². The van der Waals surface area contributed by atoms with Crippen LogP contribution in [0, 0.1) is 5.82 Å². The molecular formula is C25H31FN2O4. The summed E-state index contributed by atoms with van der Waals surface area (Å²) in [4.78, 5) is 15.1. The number of nitrogens with zero attached hydrogens (tertiary/aromatic N) is 1. The van der Waals surface area contributed by atoms with Crippen molar-refractivity contribution in [3.8, 4) is 11.5 Å². The number of carbonyl (C=O) groups excluding carboxylic acids is 1. The van der Waals surface area contributed by atoms with Gasteiger partial charge in [0.2, 0.25) is 0 Å². The Kier molecular flexibility index (Phi) is 6.84. The maximum absolute atomic E-state index is 13.9. The highest BCUT2D eigenvalue weighted by atomic mass is 19.1. The van der Waals surface area contributed by atoms with Crippen molar-refractivity contribution in [3.05, 3.63) is 59.4 Å². The molecular weight excluding hydrogens is 411 g/mol. The van der Waals surface area contributed by atoms with Gasteiger partial charge < -0.3 is 24.4 Å². The summed E-state index contributed by atoms with van der Waals surface area (Å²) < 4.78 is 30.3. The average Bonchev–Trinajstić information content (AvgIpc) is 3.33. The van der Waals surface area contributed by atoms with Gasteiger partial charge in [-0.3, -0.25) is 0 Å². The molecule has 0 aliphatic carbocycles. The number of methoxy groups -OCH3 is 2. The third-order valence-corrected chi connectivity index (χ3v) is 6.77. The van der Waals surface area contributed by atoms with E-state index < -0.39 is 0 Å². The van der Waals surface area contributed by atoms with Gasteiger partial charge in [0.1, 0.15) is 5.82 Å². The first kappa shape index (κ1) is 22.4. The summed E-state index contributed by atoms with van der Waals surface area (Å²) in [7, 11) is 3.22. The molecule has 0 radical (unpaired) electrons. The van der Waals surface area contributed by atoms with Crippen molar-refractivity contribution in [1.29, 1.82) is 0 Å². The summed E-state index contributed by atoms with van der Waals surface area (Å²) in [6.07, 6.45) is 3.33. The van der Waals surface area contributed by atoms with E-state index >= 15 is 0 Å². The largest absolute Gasteiger partial charge is 0.493 e. The van der Waals surface area contributed by atoms with Gasteiger partial charge in [0, 0.05) is 31.7 Å². The fourth-order valence-corrected chi connectivity index (χ4v) is 4.91. The topological polar surface area (TPSA) is 60.0 Å². The number of ether oxygens (including phenoxy) is 3. The first-order chi connectivity index (χ1) is 15.6. The fraction of sp³-hybridized carbons (Fsp3) is 0.480. The van der Waals surface area contributed by atoms with Crippen LogP contribution < -0.4 is 14.8 Å². The van der Waals surface area contributed by atoms with E-state index in [1.54, 1.807) is 26.4 Å². The van der Waals surface area contributed by atoms with E-state index in [1.807, 2.05) is 29.2 Å². The Hall–Kier alpha value is -2.80. The maximum atomic E-state index is 13.9. The van der Waals surface area contributed by atoms with Crippen molar-refractivity contribution in [3.63, 3.8) is 0 Å². The van der Waals surface area contributed by atoms with Crippen LogP contribution in [0.5, 0.6) is 11.5 Å². The van der Waals surface area contributed by atoms with Crippen LogP contribution in [0.1, 0.15) is 42.9 Å². The Labute approximate surface area is 188 Å². The van der Waals surface area contributed by atoms with Crippen LogP contribution in [-0.4, -0.2) is 51.5 Å². The van der Waals surface area contributed by atoms with E-state index in [2.05, 4.69) is 5.32 Å². The quantitative estimate of drug-likeness (QED) is 0.719. The number of carbonyl (C=O) groups is 1. The third-order valence-electron chi connectivity index (χ3n) is 6.77. The number of benzene rings is 2. The number of amides is 2. The van der Waals surface area contributed by atoms with E-state index in [-0.39, 0.29) is 23.3 Å². The molecule has 2 aliphatic rings. The van der Waals surface area contributed by atoms with Gasteiger partial charge in [0.15, 0.2) is 11.5 Å². The van der Waals surface area contributed by atoms with Crippen LogP contribution >= 0.6 is 0 Å². The second-order valence-corrected chi connectivity index (χ2v) is 8.53. The summed E-state index contributed by atoms with van der Waals surface area (Å²) in [6, 6.07) is 12.4. The molecule has 0 spiro atoms. The van der Waals surface area contributed by atoms with Gasteiger partial charge in [0.25, 0.3) is 0 Å². The summed E-state index contributed by atoms with van der Waals surface area (Å²) in [5, 5.41) is 3.16. The van der Waals surface area contributed by atoms with Crippen molar-refractivity contribution in [2.24, 2.45) is 0 Å². The van der Waals surface area contributed by atoms with Crippen molar-refractivity contribution >= 4 is 6.03 Å². The Balaban J connectivity index is 1.50. The molecule has 0 aromatic heterocycles. The second-order valence-electron chi connectivity index (χ2n) is 8.53. The number of halogens is 1. The highest BCUT2D eigenvalue weighted by Gasteiger charge is 2.37. The van der Waals surface area contributed by atoms with E-state index in [0.717, 1.165) is 36.8 Å². The number of hydrogen-bond donors (Lipinski definition) is 1. The predicted octanol–water partition coefficient (Wildman–Crippen LogP) is 4.44. The third kappa shape index (κ3) is 4.53. The summed E-state index contributed by atoms with van der Waals surface area (Å²) in [5.74, 6) is 1.07.